The molecule has 8 rings (SSSR count). The Hall–Kier alpha value is -4.94. The second kappa shape index (κ2) is 13.3. The lowest BCUT2D eigenvalue weighted by atomic mass is 9.75. The van der Waals surface area contributed by atoms with Gasteiger partial charge in [0.25, 0.3) is 0 Å². The first kappa shape index (κ1) is 30.4. The van der Waals surface area contributed by atoms with Gasteiger partial charge < -0.3 is 0 Å². The second-order valence-corrected chi connectivity index (χ2v) is 13.5. The molecule has 0 nitrogen and oxygen atoms in total. The summed E-state index contributed by atoms with van der Waals surface area (Å²) in [7, 11) is 0. The third kappa shape index (κ3) is 5.25. The Morgan fingerprint density at radius 1 is 0.375 bits per heavy atom. The first-order chi connectivity index (χ1) is 23.8. The number of hydrogen-bond acceptors (Lipinski definition) is 0. The summed E-state index contributed by atoms with van der Waals surface area (Å²) in [5, 5.41) is 5.66. The van der Waals surface area contributed by atoms with Crippen molar-refractivity contribution in [2.24, 2.45) is 0 Å². The maximum absolute atomic E-state index is 2.62. The van der Waals surface area contributed by atoms with Gasteiger partial charge in [-0.3, -0.25) is 0 Å². The SMILES string of the molecule is CCCc1c2c(c(CCC)c3cc4c(-c5ccccc5)c(-c5ccccc5)c(-c5ccccc5)c(-c5ccccc5)c4cc13)CCCC2. The van der Waals surface area contributed by atoms with E-state index in [2.05, 4.69) is 147 Å². The highest BCUT2D eigenvalue weighted by atomic mass is 14.3. The standard InChI is InChI=1S/C48H44/c1-3-19-37-39-29-17-18-30-40(39)38(20-4-2)42-32-44-43(31-41(37)42)45(33-21-9-5-10-22-33)47(35-25-13-7-14-26-35)48(36-27-15-8-16-28-36)46(44)34-23-11-6-12-24-34/h5-16,21-28,31-32H,3-4,17-20,29-30H2,1-2H3. The minimum atomic E-state index is 1.14. The van der Waals surface area contributed by atoms with Crippen molar-refractivity contribution in [1.82, 2.24) is 0 Å². The molecule has 0 aromatic heterocycles. The normalized spacial score (nSPS) is 12.8. The van der Waals surface area contributed by atoms with E-state index in [1.54, 1.807) is 22.3 Å². The van der Waals surface area contributed by atoms with Crippen molar-refractivity contribution in [3.8, 4) is 44.5 Å². The van der Waals surface area contributed by atoms with Crippen LogP contribution in [0.25, 0.3) is 66.1 Å². The molecule has 236 valence electrons. The van der Waals surface area contributed by atoms with Gasteiger partial charge in [0.1, 0.15) is 0 Å². The van der Waals surface area contributed by atoms with Crippen molar-refractivity contribution >= 4 is 21.5 Å². The van der Waals surface area contributed by atoms with Crippen LogP contribution in [0.5, 0.6) is 0 Å². The van der Waals surface area contributed by atoms with Gasteiger partial charge in [-0.15, -0.1) is 0 Å². The molecule has 0 bridgehead atoms. The van der Waals surface area contributed by atoms with Crippen molar-refractivity contribution in [3.63, 3.8) is 0 Å². The van der Waals surface area contributed by atoms with Crippen LogP contribution in [0, 0.1) is 0 Å². The lowest BCUT2D eigenvalue weighted by Gasteiger charge is -2.28. The predicted octanol–water partition coefficient (Wildman–Crippen LogP) is 13.4. The van der Waals surface area contributed by atoms with Gasteiger partial charge in [0.05, 0.1) is 0 Å². The second-order valence-electron chi connectivity index (χ2n) is 13.5. The van der Waals surface area contributed by atoms with E-state index in [0.717, 1.165) is 25.7 Å². The van der Waals surface area contributed by atoms with E-state index in [0.29, 0.717) is 0 Å². The number of fused-ring (bicyclic) bond motifs is 3. The van der Waals surface area contributed by atoms with E-state index in [-0.39, 0.29) is 0 Å². The van der Waals surface area contributed by atoms with Crippen LogP contribution >= 0.6 is 0 Å². The average Bonchev–Trinajstić information content (AvgIpc) is 3.16. The summed E-state index contributed by atoms with van der Waals surface area (Å²) in [4.78, 5) is 0. The molecule has 1 aliphatic carbocycles. The Bertz CT molecular complexity index is 2050. The molecule has 0 N–H and O–H groups in total. The van der Waals surface area contributed by atoms with Gasteiger partial charge in [0.15, 0.2) is 0 Å². The van der Waals surface area contributed by atoms with Crippen LogP contribution in [0.2, 0.25) is 0 Å². The van der Waals surface area contributed by atoms with Crippen LogP contribution in [0.3, 0.4) is 0 Å². The largest absolute Gasteiger partial charge is 0.0651 e. The molecule has 7 aromatic rings. The van der Waals surface area contributed by atoms with Crippen LogP contribution < -0.4 is 0 Å². The van der Waals surface area contributed by atoms with E-state index in [1.807, 2.05) is 0 Å². The molecule has 0 radical (unpaired) electrons. The van der Waals surface area contributed by atoms with Crippen molar-refractivity contribution in [2.45, 2.75) is 65.2 Å². The fraction of sp³-hybridized carbons (Fsp3) is 0.208. The molecule has 0 saturated heterocycles. The summed E-state index contributed by atoms with van der Waals surface area (Å²) < 4.78 is 0. The first-order valence-corrected chi connectivity index (χ1v) is 18.1. The molecule has 0 fully saturated rings. The third-order valence-corrected chi connectivity index (χ3v) is 10.5. The van der Waals surface area contributed by atoms with Crippen molar-refractivity contribution < 1.29 is 0 Å². The van der Waals surface area contributed by atoms with Crippen LogP contribution in [-0.4, -0.2) is 0 Å². The fourth-order valence-corrected chi connectivity index (χ4v) is 8.60. The molecular weight excluding hydrogens is 577 g/mol. The van der Waals surface area contributed by atoms with E-state index in [4.69, 9.17) is 0 Å². The lowest BCUT2D eigenvalue weighted by molar-refractivity contribution is 0.670. The first-order valence-electron chi connectivity index (χ1n) is 18.1. The van der Waals surface area contributed by atoms with E-state index >= 15 is 0 Å². The molecule has 0 saturated carbocycles. The fourth-order valence-electron chi connectivity index (χ4n) is 8.60. The van der Waals surface area contributed by atoms with Crippen LogP contribution in [0.4, 0.5) is 0 Å². The summed E-state index contributed by atoms with van der Waals surface area (Å²) in [6, 6.07) is 49.8. The molecule has 48 heavy (non-hydrogen) atoms. The van der Waals surface area contributed by atoms with Gasteiger partial charge in [-0.05, 0) is 139 Å². The maximum Gasteiger partial charge on any atom is -0.00141 e. The summed E-state index contributed by atoms with van der Waals surface area (Å²) in [5.74, 6) is 0. The molecule has 0 heteroatoms. The van der Waals surface area contributed by atoms with Crippen LogP contribution in [0.15, 0.2) is 133 Å². The zero-order chi connectivity index (χ0) is 32.5. The van der Waals surface area contributed by atoms with Gasteiger partial charge in [-0.1, -0.05) is 148 Å². The van der Waals surface area contributed by atoms with Crippen molar-refractivity contribution in [1.29, 1.82) is 0 Å². The zero-order valence-corrected chi connectivity index (χ0v) is 28.4. The molecule has 0 atom stereocenters. The summed E-state index contributed by atoms with van der Waals surface area (Å²) in [6.45, 7) is 4.70. The molecule has 7 aromatic carbocycles. The maximum atomic E-state index is 2.62. The minimum Gasteiger partial charge on any atom is -0.0651 e. The predicted molar refractivity (Wildman–Crippen MR) is 208 cm³/mol. The molecule has 0 heterocycles. The summed E-state index contributed by atoms with van der Waals surface area (Å²) >= 11 is 0. The Morgan fingerprint density at radius 3 is 1.00 bits per heavy atom. The van der Waals surface area contributed by atoms with E-state index in [1.165, 1.54) is 91.7 Å². The van der Waals surface area contributed by atoms with Crippen LogP contribution in [0.1, 0.15) is 61.8 Å². The number of rotatable bonds is 8. The molecule has 0 spiro atoms. The topological polar surface area (TPSA) is 0 Å². The number of aryl methyl sites for hydroxylation is 2. The van der Waals surface area contributed by atoms with Crippen molar-refractivity contribution in [2.75, 3.05) is 0 Å². The van der Waals surface area contributed by atoms with Gasteiger partial charge in [0.2, 0.25) is 0 Å². The average molecular weight is 621 g/mol. The smallest absolute Gasteiger partial charge is 0.00141 e. The van der Waals surface area contributed by atoms with Crippen LogP contribution in [-0.2, 0) is 25.7 Å². The highest BCUT2D eigenvalue weighted by molar-refractivity contribution is 6.21. The van der Waals surface area contributed by atoms with Gasteiger partial charge in [-0.25, -0.2) is 0 Å². The Morgan fingerprint density at radius 2 is 0.688 bits per heavy atom. The quantitative estimate of drug-likeness (QED) is 0.148. The molecule has 1 aliphatic rings. The number of hydrogen-bond donors (Lipinski definition) is 0. The molecule has 0 aliphatic heterocycles. The molecular formula is C48H44. The lowest BCUT2D eigenvalue weighted by Crippen LogP contribution is -2.11. The Labute approximate surface area is 286 Å². The summed E-state index contributed by atoms with van der Waals surface area (Å²) in [6.07, 6.45) is 9.65. The minimum absolute atomic E-state index is 1.14. The highest BCUT2D eigenvalue weighted by Crippen LogP contribution is 2.52. The van der Waals surface area contributed by atoms with Gasteiger partial charge in [0, 0.05) is 0 Å². The number of benzene rings is 7. The molecule has 0 amide bonds. The van der Waals surface area contributed by atoms with E-state index < -0.39 is 0 Å². The third-order valence-electron chi connectivity index (χ3n) is 10.5. The highest BCUT2D eigenvalue weighted by Gasteiger charge is 2.27. The molecule has 0 unspecified atom stereocenters. The monoisotopic (exact) mass is 620 g/mol. The Balaban J connectivity index is 1.67. The van der Waals surface area contributed by atoms with E-state index in [9.17, 15) is 0 Å². The Kier molecular flexibility index (Phi) is 8.41. The van der Waals surface area contributed by atoms with Crippen molar-refractivity contribution in [3.05, 3.63) is 156 Å². The van der Waals surface area contributed by atoms with Gasteiger partial charge in [-0.2, -0.15) is 0 Å². The zero-order valence-electron chi connectivity index (χ0n) is 28.4. The summed E-state index contributed by atoms with van der Waals surface area (Å²) in [5.41, 5.74) is 16.9. The van der Waals surface area contributed by atoms with Gasteiger partial charge >= 0.3 is 0 Å².